The topological polar surface area (TPSA) is 20.2 Å². The maximum Gasteiger partial charge on any atom is 0.0614 e. The average Bonchev–Trinajstić information content (AvgIpc) is 2.59. The third-order valence-corrected chi connectivity index (χ3v) is 7.07. The first-order valence-electron chi connectivity index (χ1n) is 9.16. The molecule has 0 heterocycles. The molecule has 0 unspecified atom stereocenters. The molecule has 2 bridgehead atoms. The summed E-state index contributed by atoms with van der Waals surface area (Å²) >= 11 is 0. The number of hydrogen-bond acceptors (Lipinski definition) is 1. The van der Waals surface area contributed by atoms with Crippen LogP contribution in [0.25, 0.3) is 21.5 Å². The van der Waals surface area contributed by atoms with Crippen LogP contribution in [0.4, 0.5) is 0 Å². The van der Waals surface area contributed by atoms with Gasteiger partial charge in [-0.15, -0.1) is 0 Å². The van der Waals surface area contributed by atoms with Crippen molar-refractivity contribution in [1.82, 2.24) is 0 Å². The van der Waals surface area contributed by atoms with E-state index in [0.717, 1.165) is 6.42 Å². The second kappa shape index (κ2) is 4.83. The Hall–Kier alpha value is -1.86. The summed E-state index contributed by atoms with van der Waals surface area (Å²) in [6.45, 7) is 4.80. The molecule has 0 spiro atoms. The van der Waals surface area contributed by atoms with Crippen LogP contribution in [0.3, 0.4) is 0 Å². The third kappa shape index (κ3) is 1.79. The average molecular weight is 316 g/mol. The summed E-state index contributed by atoms with van der Waals surface area (Å²) in [6.07, 6.45) is 2.01. The first-order chi connectivity index (χ1) is 11.6. The van der Waals surface area contributed by atoms with Gasteiger partial charge in [0.1, 0.15) is 0 Å². The van der Waals surface area contributed by atoms with Crippen LogP contribution in [-0.2, 0) is 0 Å². The highest BCUT2D eigenvalue weighted by atomic mass is 16.3. The second-order valence-electron chi connectivity index (χ2n) is 8.42. The van der Waals surface area contributed by atoms with Crippen LogP contribution >= 0.6 is 0 Å². The monoisotopic (exact) mass is 316 g/mol. The van der Waals surface area contributed by atoms with Gasteiger partial charge in [-0.3, -0.25) is 0 Å². The lowest BCUT2D eigenvalue weighted by atomic mass is 9.44. The van der Waals surface area contributed by atoms with Crippen LogP contribution in [0.15, 0.2) is 54.6 Å². The van der Waals surface area contributed by atoms with E-state index in [1.165, 1.54) is 33.5 Å². The third-order valence-electron chi connectivity index (χ3n) is 7.07. The standard InChI is InChI=1S/C23H24O/c1-23(2)16-12-19(23)22(20(24)13-16)21-17-9-5-3-7-14(17)11-15-8-4-6-10-18(15)21/h3-11,16,19-20,22,24H,12-13H2,1-2H3/t16-,19+,20+,22+/m1/s1. The van der Waals surface area contributed by atoms with Crippen LogP contribution < -0.4 is 0 Å². The highest BCUT2D eigenvalue weighted by Gasteiger charge is 2.58. The Labute approximate surface area is 143 Å². The predicted octanol–water partition coefficient (Wildman–Crippen LogP) is 5.50. The minimum absolute atomic E-state index is 0.212. The Kier molecular flexibility index (Phi) is 2.91. The summed E-state index contributed by atoms with van der Waals surface area (Å²) in [6, 6.07) is 19.7. The molecular weight excluding hydrogens is 292 g/mol. The van der Waals surface area contributed by atoms with Crippen LogP contribution in [0, 0.1) is 17.3 Å². The van der Waals surface area contributed by atoms with Crippen molar-refractivity contribution in [3.63, 3.8) is 0 Å². The second-order valence-corrected chi connectivity index (χ2v) is 8.42. The van der Waals surface area contributed by atoms with Gasteiger partial charge in [-0.2, -0.15) is 0 Å². The van der Waals surface area contributed by atoms with Gasteiger partial charge >= 0.3 is 0 Å². The van der Waals surface area contributed by atoms with E-state index in [0.29, 0.717) is 17.3 Å². The molecule has 3 aliphatic carbocycles. The molecule has 3 aliphatic rings. The number of fused-ring (bicyclic) bond motifs is 4. The minimum Gasteiger partial charge on any atom is -0.392 e. The summed E-state index contributed by atoms with van der Waals surface area (Å²) in [4.78, 5) is 0. The van der Waals surface area contributed by atoms with Gasteiger partial charge in [0.25, 0.3) is 0 Å². The smallest absolute Gasteiger partial charge is 0.0614 e. The quantitative estimate of drug-likeness (QED) is 0.587. The zero-order valence-electron chi connectivity index (χ0n) is 14.4. The summed E-state index contributed by atoms with van der Waals surface area (Å²) in [5.41, 5.74) is 1.73. The van der Waals surface area contributed by atoms with Gasteiger partial charge in [-0.25, -0.2) is 0 Å². The fourth-order valence-corrected chi connectivity index (χ4v) is 5.57. The molecule has 6 rings (SSSR count). The summed E-state index contributed by atoms with van der Waals surface area (Å²) in [7, 11) is 0. The van der Waals surface area contributed by atoms with Crippen molar-refractivity contribution in [2.24, 2.45) is 17.3 Å². The van der Waals surface area contributed by atoms with E-state index < -0.39 is 0 Å². The highest BCUT2D eigenvalue weighted by molar-refractivity contribution is 6.02. The number of benzene rings is 3. The Morgan fingerprint density at radius 1 is 0.875 bits per heavy atom. The lowest BCUT2D eigenvalue weighted by Crippen LogP contribution is -2.56. The van der Waals surface area contributed by atoms with Gasteiger partial charge in [0, 0.05) is 5.92 Å². The fraction of sp³-hybridized carbons (Fsp3) is 0.391. The molecule has 3 fully saturated rings. The maximum atomic E-state index is 11.0. The van der Waals surface area contributed by atoms with Gasteiger partial charge in [0.05, 0.1) is 6.10 Å². The van der Waals surface area contributed by atoms with Crippen molar-refractivity contribution in [3.05, 3.63) is 60.2 Å². The lowest BCUT2D eigenvalue weighted by molar-refractivity contribution is -0.133. The Balaban J connectivity index is 1.83. The van der Waals surface area contributed by atoms with Crippen molar-refractivity contribution in [3.8, 4) is 0 Å². The fourth-order valence-electron chi connectivity index (χ4n) is 5.57. The lowest BCUT2D eigenvalue weighted by Gasteiger charge is -2.62. The van der Waals surface area contributed by atoms with Gasteiger partial charge < -0.3 is 5.11 Å². The van der Waals surface area contributed by atoms with E-state index in [9.17, 15) is 5.11 Å². The summed E-state index contributed by atoms with van der Waals surface area (Å²) < 4.78 is 0. The van der Waals surface area contributed by atoms with E-state index >= 15 is 0 Å². The van der Waals surface area contributed by atoms with Crippen LogP contribution in [0.2, 0.25) is 0 Å². The highest BCUT2D eigenvalue weighted by Crippen LogP contribution is 2.64. The molecule has 122 valence electrons. The van der Waals surface area contributed by atoms with Gasteiger partial charge in [-0.1, -0.05) is 62.4 Å². The molecule has 0 saturated heterocycles. The van der Waals surface area contributed by atoms with E-state index in [1.54, 1.807) is 0 Å². The zero-order chi connectivity index (χ0) is 16.5. The van der Waals surface area contributed by atoms with Gasteiger partial charge in [0.15, 0.2) is 0 Å². The molecule has 24 heavy (non-hydrogen) atoms. The predicted molar refractivity (Wildman–Crippen MR) is 100 cm³/mol. The molecule has 1 N–H and O–H groups in total. The van der Waals surface area contributed by atoms with Crippen molar-refractivity contribution >= 4 is 21.5 Å². The summed E-state index contributed by atoms with van der Waals surface area (Å²) in [5, 5.41) is 16.2. The summed E-state index contributed by atoms with van der Waals surface area (Å²) in [5.74, 6) is 1.52. The van der Waals surface area contributed by atoms with E-state index in [2.05, 4.69) is 68.4 Å². The Morgan fingerprint density at radius 2 is 1.46 bits per heavy atom. The first-order valence-corrected chi connectivity index (χ1v) is 9.16. The van der Waals surface area contributed by atoms with Crippen molar-refractivity contribution in [1.29, 1.82) is 0 Å². The molecule has 3 saturated carbocycles. The Morgan fingerprint density at radius 3 is 2.04 bits per heavy atom. The molecular formula is C23H24O. The molecule has 0 amide bonds. The van der Waals surface area contributed by atoms with Crippen LogP contribution in [0.1, 0.15) is 38.2 Å². The van der Waals surface area contributed by atoms with E-state index in [4.69, 9.17) is 0 Å². The number of rotatable bonds is 1. The molecule has 3 aromatic rings. The van der Waals surface area contributed by atoms with Crippen LogP contribution in [0.5, 0.6) is 0 Å². The molecule has 1 nitrogen and oxygen atoms in total. The molecule has 0 aromatic heterocycles. The van der Waals surface area contributed by atoms with E-state index in [-0.39, 0.29) is 12.0 Å². The first kappa shape index (κ1) is 14.5. The van der Waals surface area contributed by atoms with Gasteiger partial charge in [-0.05, 0) is 63.3 Å². The maximum absolute atomic E-state index is 11.0. The van der Waals surface area contributed by atoms with Crippen molar-refractivity contribution in [2.75, 3.05) is 0 Å². The largest absolute Gasteiger partial charge is 0.392 e. The molecule has 1 heteroatoms. The molecule has 0 aliphatic heterocycles. The van der Waals surface area contributed by atoms with Crippen molar-refractivity contribution < 1.29 is 5.11 Å². The van der Waals surface area contributed by atoms with E-state index in [1.807, 2.05) is 0 Å². The minimum atomic E-state index is -0.212. The number of aliphatic hydroxyl groups excluding tert-OH is 1. The van der Waals surface area contributed by atoms with Gasteiger partial charge in [0.2, 0.25) is 0 Å². The zero-order valence-corrected chi connectivity index (χ0v) is 14.4. The Bertz CT molecular complexity index is 885. The normalized spacial score (nSPS) is 31.1. The number of aliphatic hydroxyl groups is 1. The van der Waals surface area contributed by atoms with Crippen molar-refractivity contribution in [2.45, 2.75) is 38.7 Å². The SMILES string of the molecule is CC1(C)[C@H]2C[C@H](O)[C@@H](c3c4ccccc4cc4ccccc34)[C@@H]1C2. The number of hydrogen-bond donors (Lipinski definition) is 1. The molecule has 3 aromatic carbocycles. The van der Waals surface area contributed by atoms with Crippen LogP contribution in [-0.4, -0.2) is 11.2 Å². The molecule has 0 radical (unpaired) electrons. The molecule has 4 atom stereocenters.